The maximum atomic E-state index is 12.0. The highest BCUT2D eigenvalue weighted by Crippen LogP contribution is 2.51. The zero-order valence-electron chi connectivity index (χ0n) is 9.12. The van der Waals surface area contributed by atoms with Crippen LogP contribution in [-0.4, -0.2) is 17.0 Å². The third-order valence-electron chi connectivity index (χ3n) is 4.56. The Morgan fingerprint density at radius 2 is 2.07 bits per heavy atom. The molecule has 2 aliphatic carbocycles. The van der Waals surface area contributed by atoms with Gasteiger partial charge in [-0.1, -0.05) is 6.92 Å². The fourth-order valence-electron chi connectivity index (χ4n) is 3.51. The molecule has 2 heteroatoms. The van der Waals surface area contributed by atoms with Gasteiger partial charge in [0.15, 0.2) is 0 Å². The number of aliphatic hydroxyl groups excluding tert-OH is 1. The van der Waals surface area contributed by atoms with Crippen LogP contribution in [0.5, 0.6) is 0 Å². The number of ketones is 1. The number of rotatable bonds is 0. The highest BCUT2D eigenvalue weighted by molar-refractivity contribution is 5.86. The van der Waals surface area contributed by atoms with Crippen molar-refractivity contribution in [2.45, 2.75) is 52.1 Å². The number of fused-ring (bicyclic) bond motifs is 1. The Balaban J connectivity index is 2.34. The Labute approximate surface area is 85.7 Å². The van der Waals surface area contributed by atoms with Crippen LogP contribution in [0.3, 0.4) is 0 Å². The van der Waals surface area contributed by atoms with Crippen LogP contribution in [-0.2, 0) is 4.79 Å². The summed E-state index contributed by atoms with van der Waals surface area (Å²) in [6, 6.07) is 0. The van der Waals surface area contributed by atoms with Gasteiger partial charge >= 0.3 is 0 Å². The van der Waals surface area contributed by atoms with Gasteiger partial charge in [-0.3, -0.25) is 4.79 Å². The summed E-state index contributed by atoms with van der Waals surface area (Å²) >= 11 is 0. The first kappa shape index (κ1) is 10.2. The Morgan fingerprint density at radius 3 is 2.79 bits per heavy atom. The minimum absolute atomic E-state index is 0.303. The van der Waals surface area contributed by atoms with E-state index in [0.717, 1.165) is 25.7 Å². The van der Waals surface area contributed by atoms with Crippen molar-refractivity contribution in [3.63, 3.8) is 0 Å². The lowest BCUT2D eigenvalue weighted by atomic mass is 9.70. The number of aliphatic hydroxyl groups is 1. The highest BCUT2D eigenvalue weighted by atomic mass is 16.3. The molecule has 0 unspecified atom stereocenters. The van der Waals surface area contributed by atoms with Crippen molar-refractivity contribution in [1.29, 1.82) is 0 Å². The SMILES string of the molecule is C[C@@H]1CCCC(=O)[C@]2(C)[C@@H]1CC[C@@H]2O. The van der Waals surface area contributed by atoms with Crippen molar-refractivity contribution in [1.82, 2.24) is 0 Å². The van der Waals surface area contributed by atoms with E-state index in [9.17, 15) is 9.90 Å². The molecule has 2 aliphatic rings. The first-order valence-electron chi connectivity index (χ1n) is 5.78. The van der Waals surface area contributed by atoms with Gasteiger partial charge in [0.1, 0.15) is 5.78 Å². The van der Waals surface area contributed by atoms with E-state index in [0.29, 0.717) is 24.0 Å². The number of hydrogen-bond donors (Lipinski definition) is 1. The van der Waals surface area contributed by atoms with E-state index < -0.39 is 5.41 Å². The van der Waals surface area contributed by atoms with Gasteiger partial charge in [0.2, 0.25) is 0 Å². The third kappa shape index (κ3) is 1.23. The second kappa shape index (κ2) is 3.34. The molecule has 0 radical (unpaired) electrons. The third-order valence-corrected chi connectivity index (χ3v) is 4.56. The van der Waals surface area contributed by atoms with Crippen LogP contribution in [0.25, 0.3) is 0 Å². The van der Waals surface area contributed by atoms with E-state index in [1.165, 1.54) is 0 Å². The van der Waals surface area contributed by atoms with Gasteiger partial charge in [0.25, 0.3) is 0 Å². The van der Waals surface area contributed by atoms with E-state index in [1.54, 1.807) is 0 Å². The summed E-state index contributed by atoms with van der Waals surface area (Å²) in [4.78, 5) is 12.0. The normalized spacial score (nSPS) is 48.8. The summed E-state index contributed by atoms with van der Waals surface area (Å²) in [6.45, 7) is 4.22. The Hall–Kier alpha value is -0.370. The molecule has 0 aromatic heterocycles. The van der Waals surface area contributed by atoms with Crippen LogP contribution in [0.1, 0.15) is 46.0 Å². The van der Waals surface area contributed by atoms with Crippen molar-refractivity contribution >= 4 is 5.78 Å². The van der Waals surface area contributed by atoms with Crippen LogP contribution in [0.4, 0.5) is 0 Å². The molecule has 2 nitrogen and oxygen atoms in total. The molecule has 0 bridgehead atoms. The zero-order chi connectivity index (χ0) is 10.3. The predicted molar refractivity (Wildman–Crippen MR) is 54.9 cm³/mol. The highest BCUT2D eigenvalue weighted by Gasteiger charge is 2.53. The van der Waals surface area contributed by atoms with Crippen molar-refractivity contribution < 1.29 is 9.90 Å². The Morgan fingerprint density at radius 1 is 1.36 bits per heavy atom. The summed E-state index contributed by atoms with van der Waals surface area (Å²) in [5.74, 6) is 1.33. The predicted octanol–water partition coefficient (Wildman–Crippen LogP) is 2.15. The lowest BCUT2D eigenvalue weighted by Crippen LogP contribution is -2.41. The average Bonchev–Trinajstić information content (AvgIpc) is 2.39. The van der Waals surface area contributed by atoms with Gasteiger partial charge in [-0.05, 0) is 44.4 Å². The number of carbonyl (C=O) groups is 1. The fraction of sp³-hybridized carbons (Fsp3) is 0.917. The topological polar surface area (TPSA) is 37.3 Å². The van der Waals surface area contributed by atoms with Crippen molar-refractivity contribution in [3.8, 4) is 0 Å². The molecule has 80 valence electrons. The quantitative estimate of drug-likeness (QED) is 0.644. The second-order valence-corrected chi connectivity index (χ2v) is 5.28. The van der Waals surface area contributed by atoms with Crippen LogP contribution >= 0.6 is 0 Å². The van der Waals surface area contributed by atoms with Gasteiger partial charge in [0, 0.05) is 6.42 Å². The molecule has 2 fully saturated rings. The van der Waals surface area contributed by atoms with E-state index in [2.05, 4.69) is 6.92 Å². The Bertz CT molecular complexity index is 249. The Kier molecular flexibility index (Phi) is 2.42. The van der Waals surface area contributed by atoms with Crippen LogP contribution in [0.2, 0.25) is 0 Å². The molecular formula is C12H20O2. The maximum absolute atomic E-state index is 12.0. The maximum Gasteiger partial charge on any atom is 0.141 e. The van der Waals surface area contributed by atoms with E-state index >= 15 is 0 Å². The van der Waals surface area contributed by atoms with Gasteiger partial charge in [0.05, 0.1) is 11.5 Å². The molecule has 0 aromatic carbocycles. The second-order valence-electron chi connectivity index (χ2n) is 5.28. The fourth-order valence-corrected chi connectivity index (χ4v) is 3.51. The summed E-state index contributed by atoms with van der Waals surface area (Å²) in [6.07, 6.45) is 4.30. The van der Waals surface area contributed by atoms with Crippen molar-refractivity contribution in [3.05, 3.63) is 0 Å². The van der Waals surface area contributed by atoms with Crippen LogP contribution < -0.4 is 0 Å². The largest absolute Gasteiger partial charge is 0.392 e. The molecule has 2 rings (SSSR count). The summed E-state index contributed by atoms with van der Waals surface area (Å²) < 4.78 is 0. The number of carbonyl (C=O) groups excluding carboxylic acids is 1. The van der Waals surface area contributed by atoms with Gasteiger partial charge in [-0.25, -0.2) is 0 Å². The molecule has 1 N–H and O–H groups in total. The van der Waals surface area contributed by atoms with Crippen molar-refractivity contribution in [2.75, 3.05) is 0 Å². The summed E-state index contributed by atoms with van der Waals surface area (Å²) in [7, 11) is 0. The molecule has 4 atom stereocenters. The molecule has 0 aromatic rings. The monoisotopic (exact) mass is 196 g/mol. The molecular weight excluding hydrogens is 176 g/mol. The molecule has 0 saturated heterocycles. The molecule has 0 heterocycles. The zero-order valence-corrected chi connectivity index (χ0v) is 9.12. The standard InChI is InChI=1S/C12H20O2/c1-8-4-3-5-10(13)12(2)9(8)6-7-11(12)14/h8-9,11,14H,3-7H2,1-2H3/t8-,9-,11+,12+/m1/s1. The first-order chi connectivity index (χ1) is 6.56. The molecule has 0 aliphatic heterocycles. The summed E-state index contributed by atoms with van der Waals surface area (Å²) in [5.41, 5.74) is -0.421. The van der Waals surface area contributed by atoms with E-state index in [4.69, 9.17) is 0 Å². The van der Waals surface area contributed by atoms with Crippen LogP contribution in [0, 0.1) is 17.3 Å². The minimum Gasteiger partial charge on any atom is -0.392 e. The lowest BCUT2D eigenvalue weighted by Gasteiger charge is -2.34. The van der Waals surface area contributed by atoms with Gasteiger partial charge in [-0.15, -0.1) is 0 Å². The molecule has 0 amide bonds. The number of hydrogen-bond acceptors (Lipinski definition) is 2. The van der Waals surface area contributed by atoms with Crippen LogP contribution in [0.15, 0.2) is 0 Å². The van der Waals surface area contributed by atoms with E-state index in [1.807, 2.05) is 6.92 Å². The van der Waals surface area contributed by atoms with Gasteiger partial charge < -0.3 is 5.11 Å². The summed E-state index contributed by atoms with van der Waals surface area (Å²) in [5, 5.41) is 9.98. The lowest BCUT2D eigenvalue weighted by molar-refractivity contribution is -0.135. The number of Topliss-reactive ketones (excluding diaryl/α,β-unsaturated/α-hetero) is 1. The molecule has 2 saturated carbocycles. The van der Waals surface area contributed by atoms with E-state index in [-0.39, 0.29) is 6.10 Å². The molecule has 14 heavy (non-hydrogen) atoms. The first-order valence-corrected chi connectivity index (χ1v) is 5.78. The van der Waals surface area contributed by atoms with Crippen molar-refractivity contribution in [2.24, 2.45) is 17.3 Å². The molecule has 0 spiro atoms. The smallest absolute Gasteiger partial charge is 0.141 e. The van der Waals surface area contributed by atoms with Gasteiger partial charge in [-0.2, -0.15) is 0 Å². The minimum atomic E-state index is -0.421. The average molecular weight is 196 g/mol.